The van der Waals surface area contributed by atoms with E-state index in [0.717, 1.165) is 17.3 Å². The summed E-state index contributed by atoms with van der Waals surface area (Å²) in [5, 5.41) is 3.94. The monoisotopic (exact) mass is 477 g/mol. The van der Waals surface area contributed by atoms with E-state index < -0.39 is 0 Å². The van der Waals surface area contributed by atoms with Gasteiger partial charge in [-0.2, -0.15) is 0 Å². The summed E-state index contributed by atoms with van der Waals surface area (Å²) in [4.78, 5) is 39.1. The van der Waals surface area contributed by atoms with Crippen LogP contribution in [-0.4, -0.2) is 31.2 Å². The molecule has 3 heterocycles. The Kier molecular flexibility index (Phi) is 5.61. The smallest absolute Gasteiger partial charge is 0.267 e. The number of carbonyl (C=O) groups is 1. The van der Waals surface area contributed by atoms with Crippen molar-refractivity contribution in [3.05, 3.63) is 82.5 Å². The maximum atomic E-state index is 13.4. The molecule has 5 aromatic rings. The summed E-state index contributed by atoms with van der Waals surface area (Å²) in [6.07, 6.45) is 1.67. The Hall–Kier alpha value is -3.63. The SMILES string of the molecule is Cc1ccc(-n2c(SCC(=O)Nc3nc4ccc(F)cc4s3)nc3ccccc3c2=O)nc1. The fraction of sp³-hybridized carbons (Fsp3) is 0.0870. The van der Waals surface area contributed by atoms with Gasteiger partial charge in [0.05, 0.1) is 26.9 Å². The Bertz CT molecular complexity index is 1560. The molecule has 0 spiro atoms. The van der Waals surface area contributed by atoms with E-state index in [1.54, 1.807) is 42.6 Å². The zero-order chi connectivity index (χ0) is 22.9. The lowest BCUT2D eigenvalue weighted by atomic mass is 10.2. The molecule has 7 nitrogen and oxygen atoms in total. The average Bonchev–Trinajstić information content (AvgIpc) is 3.20. The number of nitrogens with zero attached hydrogens (tertiary/aromatic N) is 4. The number of pyridine rings is 1. The predicted molar refractivity (Wildman–Crippen MR) is 129 cm³/mol. The van der Waals surface area contributed by atoms with Crippen molar-refractivity contribution in [3.63, 3.8) is 0 Å². The molecule has 0 unspecified atom stereocenters. The van der Waals surface area contributed by atoms with Crippen LogP contribution >= 0.6 is 23.1 Å². The Morgan fingerprint density at radius 1 is 1.12 bits per heavy atom. The first-order valence-electron chi connectivity index (χ1n) is 9.91. The molecular weight excluding hydrogens is 461 g/mol. The number of aryl methyl sites for hydroxylation is 1. The molecule has 0 aliphatic rings. The molecule has 5 rings (SSSR count). The van der Waals surface area contributed by atoms with Gasteiger partial charge in [0.2, 0.25) is 5.91 Å². The molecular formula is C23H16FN5O2S2. The van der Waals surface area contributed by atoms with Crippen LogP contribution in [0.5, 0.6) is 0 Å². The highest BCUT2D eigenvalue weighted by Crippen LogP contribution is 2.27. The summed E-state index contributed by atoms with van der Waals surface area (Å²) in [6, 6.07) is 14.9. The number of rotatable bonds is 5. The number of benzene rings is 2. The molecule has 2 aromatic carbocycles. The molecule has 164 valence electrons. The third kappa shape index (κ3) is 4.35. The first-order chi connectivity index (χ1) is 16.0. The van der Waals surface area contributed by atoms with E-state index in [1.807, 2.05) is 13.0 Å². The number of fused-ring (bicyclic) bond motifs is 2. The molecule has 0 fully saturated rings. The van der Waals surface area contributed by atoms with Crippen molar-refractivity contribution in [3.8, 4) is 5.82 Å². The molecule has 0 radical (unpaired) electrons. The van der Waals surface area contributed by atoms with Crippen LogP contribution in [0.25, 0.3) is 26.9 Å². The minimum absolute atomic E-state index is 0.000921. The van der Waals surface area contributed by atoms with Crippen LogP contribution in [0.4, 0.5) is 9.52 Å². The fourth-order valence-corrected chi connectivity index (χ4v) is 4.95. The summed E-state index contributed by atoms with van der Waals surface area (Å²) in [5.41, 5.74) is 1.86. The molecule has 0 aliphatic carbocycles. The number of para-hydroxylation sites is 1. The van der Waals surface area contributed by atoms with Gasteiger partial charge < -0.3 is 5.32 Å². The maximum absolute atomic E-state index is 13.4. The predicted octanol–water partition coefficient (Wildman–Crippen LogP) is 4.57. The summed E-state index contributed by atoms with van der Waals surface area (Å²) < 4.78 is 15.5. The Morgan fingerprint density at radius 2 is 1.97 bits per heavy atom. The van der Waals surface area contributed by atoms with Crippen molar-refractivity contribution in [2.24, 2.45) is 0 Å². The lowest BCUT2D eigenvalue weighted by Crippen LogP contribution is -2.23. The molecule has 1 N–H and O–H groups in total. The molecule has 0 saturated carbocycles. The summed E-state index contributed by atoms with van der Waals surface area (Å²) in [6.45, 7) is 1.91. The Labute approximate surface area is 195 Å². The van der Waals surface area contributed by atoms with Crippen LogP contribution in [-0.2, 0) is 4.79 Å². The number of hydrogen-bond acceptors (Lipinski definition) is 7. The minimum atomic E-state index is -0.357. The molecule has 3 aromatic heterocycles. The van der Waals surface area contributed by atoms with E-state index in [0.29, 0.717) is 37.2 Å². The molecule has 0 aliphatic heterocycles. The number of thiazole rings is 1. The van der Waals surface area contributed by atoms with E-state index in [9.17, 15) is 14.0 Å². The van der Waals surface area contributed by atoms with Gasteiger partial charge in [-0.1, -0.05) is 41.3 Å². The van der Waals surface area contributed by atoms with Gasteiger partial charge in [0, 0.05) is 6.20 Å². The average molecular weight is 478 g/mol. The van der Waals surface area contributed by atoms with Crippen molar-refractivity contribution < 1.29 is 9.18 Å². The van der Waals surface area contributed by atoms with Gasteiger partial charge in [-0.15, -0.1) is 0 Å². The number of aromatic nitrogens is 4. The van der Waals surface area contributed by atoms with Crippen molar-refractivity contribution in [1.82, 2.24) is 19.5 Å². The molecule has 0 saturated heterocycles. The van der Waals surface area contributed by atoms with Crippen LogP contribution in [0.15, 0.2) is 70.7 Å². The molecule has 1 amide bonds. The lowest BCUT2D eigenvalue weighted by Gasteiger charge is -2.12. The third-order valence-corrected chi connectivity index (χ3v) is 6.67. The second-order valence-corrected chi connectivity index (χ2v) is 9.19. The van der Waals surface area contributed by atoms with Crippen molar-refractivity contribution in [1.29, 1.82) is 0 Å². The summed E-state index contributed by atoms with van der Waals surface area (Å²) >= 11 is 2.32. The largest absolute Gasteiger partial charge is 0.301 e. The highest BCUT2D eigenvalue weighted by atomic mass is 32.2. The van der Waals surface area contributed by atoms with Gasteiger partial charge in [-0.3, -0.25) is 9.59 Å². The van der Waals surface area contributed by atoms with Crippen LogP contribution in [0.1, 0.15) is 5.56 Å². The number of thioether (sulfide) groups is 1. The van der Waals surface area contributed by atoms with Gasteiger partial charge in [-0.25, -0.2) is 23.9 Å². The second kappa shape index (κ2) is 8.72. The van der Waals surface area contributed by atoms with Crippen LogP contribution in [0.2, 0.25) is 0 Å². The Morgan fingerprint density at radius 3 is 2.79 bits per heavy atom. The molecule has 0 atom stereocenters. The van der Waals surface area contributed by atoms with Gasteiger partial charge in [0.1, 0.15) is 11.6 Å². The van der Waals surface area contributed by atoms with E-state index in [1.165, 1.54) is 28.0 Å². The van der Waals surface area contributed by atoms with E-state index in [-0.39, 0.29) is 23.0 Å². The number of anilines is 1. The first-order valence-corrected chi connectivity index (χ1v) is 11.7. The van der Waals surface area contributed by atoms with Gasteiger partial charge >= 0.3 is 0 Å². The molecule has 10 heteroatoms. The quantitative estimate of drug-likeness (QED) is 0.295. The highest BCUT2D eigenvalue weighted by molar-refractivity contribution is 7.99. The third-order valence-electron chi connectivity index (χ3n) is 4.80. The van der Waals surface area contributed by atoms with E-state index in [2.05, 4.69) is 20.3 Å². The van der Waals surface area contributed by atoms with Gasteiger partial charge in [-0.05, 0) is 48.9 Å². The van der Waals surface area contributed by atoms with Crippen LogP contribution in [0, 0.1) is 12.7 Å². The second-order valence-electron chi connectivity index (χ2n) is 7.21. The van der Waals surface area contributed by atoms with Crippen molar-refractivity contribution >= 4 is 55.3 Å². The minimum Gasteiger partial charge on any atom is -0.301 e. The lowest BCUT2D eigenvalue weighted by molar-refractivity contribution is -0.113. The van der Waals surface area contributed by atoms with Crippen LogP contribution in [0.3, 0.4) is 0 Å². The van der Waals surface area contributed by atoms with Crippen molar-refractivity contribution in [2.75, 3.05) is 11.1 Å². The summed E-state index contributed by atoms with van der Waals surface area (Å²) in [7, 11) is 0. The van der Waals surface area contributed by atoms with Crippen molar-refractivity contribution in [2.45, 2.75) is 12.1 Å². The molecule has 0 bridgehead atoms. The molecule has 33 heavy (non-hydrogen) atoms. The van der Waals surface area contributed by atoms with Gasteiger partial charge in [0.15, 0.2) is 10.3 Å². The number of nitrogens with one attached hydrogen (secondary N) is 1. The van der Waals surface area contributed by atoms with Gasteiger partial charge in [0.25, 0.3) is 5.56 Å². The summed E-state index contributed by atoms with van der Waals surface area (Å²) in [5.74, 6) is -0.240. The topological polar surface area (TPSA) is 89.8 Å². The number of carbonyl (C=O) groups excluding carboxylic acids is 1. The fourth-order valence-electron chi connectivity index (χ4n) is 3.24. The maximum Gasteiger partial charge on any atom is 0.267 e. The van der Waals surface area contributed by atoms with Crippen LogP contribution < -0.4 is 10.9 Å². The van der Waals surface area contributed by atoms with E-state index >= 15 is 0 Å². The zero-order valence-corrected chi connectivity index (χ0v) is 18.9. The first kappa shape index (κ1) is 21.2. The number of hydrogen-bond donors (Lipinski definition) is 1. The standard InChI is InChI=1S/C23H16FN5O2S2/c1-13-6-9-19(25-11-13)29-21(31)15-4-2-3-5-16(15)27-23(29)32-12-20(30)28-22-26-17-8-7-14(24)10-18(17)33-22/h2-11H,12H2,1H3,(H,26,28,30). The number of halogens is 1. The Balaban J connectivity index is 1.43. The number of amides is 1. The normalized spacial score (nSPS) is 11.2. The van der Waals surface area contributed by atoms with E-state index in [4.69, 9.17) is 0 Å². The zero-order valence-electron chi connectivity index (χ0n) is 17.3. The highest BCUT2D eigenvalue weighted by Gasteiger charge is 2.16.